The summed E-state index contributed by atoms with van der Waals surface area (Å²) in [5, 5.41) is 0. The van der Waals surface area contributed by atoms with Crippen molar-refractivity contribution in [1.82, 2.24) is 0 Å². The van der Waals surface area contributed by atoms with E-state index in [1.54, 1.807) is 6.08 Å². The molecule has 0 saturated carbocycles. The number of ether oxygens (including phenoxy) is 2. The summed E-state index contributed by atoms with van der Waals surface area (Å²) in [6.07, 6.45) is 3.59. The van der Waals surface area contributed by atoms with Crippen LogP contribution in [0.15, 0.2) is 66.2 Å². The highest BCUT2D eigenvalue weighted by molar-refractivity contribution is 5.82. The Morgan fingerprint density at radius 2 is 1.75 bits per heavy atom. The summed E-state index contributed by atoms with van der Waals surface area (Å²) in [7, 11) is 0. The van der Waals surface area contributed by atoms with Crippen molar-refractivity contribution in [3.63, 3.8) is 0 Å². The third-order valence-corrected chi connectivity index (χ3v) is 3.84. The number of hydrogen-bond acceptors (Lipinski definition) is 4. The van der Waals surface area contributed by atoms with Crippen LogP contribution in [-0.4, -0.2) is 39.1 Å². The highest BCUT2D eigenvalue weighted by Crippen LogP contribution is 2.21. The molecule has 0 N–H and O–H groups in total. The zero-order valence-corrected chi connectivity index (χ0v) is 13.7. The van der Waals surface area contributed by atoms with E-state index in [0.29, 0.717) is 6.61 Å². The largest absolute Gasteiger partial charge is 0.490 e. The van der Waals surface area contributed by atoms with E-state index in [1.807, 2.05) is 42.6 Å². The number of hydrogen-bond donors (Lipinski definition) is 0. The lowest BCUT2D eigenvalue weighted by molar-refractivity contribution is 0.122. The van der Waals surface area contributed by atoms with Crippen LogP contribution >= 0.6 is 0 Å². The third-order valence-electron chi connectivity index (χ3n) is 3.84. The Kier molecular flexibility index (Phi) is 5.64. The number of nitrogens with zero attached hydrogens (tertiary/aromatic N) is 2. The van der Waals surface area contributed by atoms with Crippen LogP contribution < -0.4 is 9.64 Å². The maximum atomic E-state index is 5.47. The summed E-state index contributed by atoms with van der Waals surface area (Å²) in [4.78, 5) is 6.86. The molecule has 2 aromatic carbocycles. The Morgan fingerprint density at radius 1 is 1.04 bits per heavy atom. The molecule has 1 aliphatic rings. The lowest BCUT2D eigenvalue weighted by atomic mass is 10.2. The Labute approximate surface area is 143 Å². The van der Waals surface area contributed by atoms with Gasteiger partial charge in [0.15, 0.2) is 0 Å². The molecule has 0 radical (unpaired) electrons. The average molecular weight is 322 g/mol. The maximum absolute atomic E-state index is 5.47. The molecule has 0 atom stereocenters. The summed E-state index contributed by atoms with van der Waals surface area (Å²) in [5.74, 6) is 0.835. The van der Waals surface area contributed by atoms with Crippen LogP contribution in [0.25, 0.3) is 0 Å². The maximum Gasteiger partial charge on any atom is 0.119 e. The van der Waals surface area contributed by atoms with Crippen LogP contribution in [0, 0.1) is 0 Å². The van der Waals surface area contributed by atoms with Gasteiger partial charge in [-0.05, 0) is 54.1 Å². The number of morpholine rings is 1. The van der Waals surface area contributed by atoms with Gasteiger partial charge >= 0.3 is 0 Å². The normalized spacial score (nSPS) is 14.8. The van der Waals surface area contributed by atoms with E-state index in [-0.39, 0.29) is 0 Å². The van der Waals surface area contributed by atoms with E-state index in [1.165, 1.54) is 5.69 Å². The van der Waals surface area contributed by atoms with Crippen LogP contribution in [0.1, 0.15) is 5.56 Å². The van der Waals surface area contributed by atoms with E-state index in [0.717, 1.165) is 43.3 Å². The van der Waals surface area contributed by atoms with E-state index < -0.39 is 0 Å². The van der Waals surface area contributed by atoms with Gasteiger partial charge in [0.25, 0.3) is 0 Å². The third kappa shape index (κ3) is 4.46. The lowest BCUT2D eigenvalue weighted by Gasteiger charge is -2.28. The Morgan fingerprint density at radius 3 is 2.42 bits per heavy atom. The highest BCUT2D eigenvalue weighted by Gasteiger charge is 2.10. The summed E-state index contributed by atoms with van der Waals surface area (Å²) in [6, 6.07) is 16.2. The van der Waals surface area contributed by atoms with Gasteiger partial charge in [-0.2, -0.15) is 0 Å². The molecule has 0 unspecified atom stereocenters. The second-order valence-electron chi connectivity index (χ2n) is 5.54. The van der Waals surface area contributed by atoms with E-state index in [2.05, 4.69) is 28.6 Å². The van der Waals surface area contributed by atoms with Gasteiger partial charge in [-0.3, -0.25) is 4.99 Å². The first-order chi connectivity index (χ1) is 11.8. The fraction of sp³-hybridized carbons (Fsp3) is 0.250. The molecular formula is C20H22N2O2. The summed E-state index contributed by atoms with van der Waals surface area (Å²) < 4.78 is 10.9. The minimum absolute atomic E-state index is 0.517. The predicted octanol–water partition coefficient (Wildman–Crippen LogP) is 3.84. The van der Waals surface area contributed by atoms with Crippen molar-refractivity contribution >= 4 is 17.6 Å². The van der Waals surface area contributed by atoms with Crippen molar-refractivity contribution in [2.24, 2.45) is 4.99 Å². The fourth-order valence-corrected chi connectivity index (χ4v) is 2.53. The standard InChI is InChI=1S/C20H22N2O2/c1-2-13-24-20-9-3-17(4-10-20)16-21-18-5-7-19(8-6-18)22-11-14-23-15-12-22/h2-10,16H,1,11-15H2. The SMILES string of the molecule is C=CCOc1ccc(C=Nc2ccc(N3CCOCC3)cc2)cc1. The zero-order valence-electron chi connectivity index (χ0n) is 13.7. The molecule has 4 nitrogen and oxygen atoms in total. The molecule has 3 rings (SSSR count). The Balaban J connectivity index is 1.60. The van der Waals surface area contributed by atoms with Crippen LogP contribution in [0.2, 0.25) is 0 Å². The van der Waals surface area contributed by atoms with Crippen LogP contribution in [0.3, 0.4) is 0 Å². The average Bonchev–Trinajstić information content (AvgIpc) is 2.67. The molecule has 2 aromatic rings. The minimum Gasteiger partial charge on any atom is -0.490 e. The molecule has 1 fully saturated rings. The summed E-state index contributed by atoms with van der Waals surface area (Å²) in [6.45, 7) is 7.64. The minimum atomic E-state index is 0.517. The fourth-order valence-electron chi connectivity index (χ4n) is 2.53. The molecule has 0 aromatic heterocycles. The van der Waals surface area contributed by atoms with Crippen molar-refractivity contribution in [3.05, 3.63) is 66.7 Å². The summed E-state index contributed by atoms with van der Waals surface area (Å²) in [5.41, 5.74) is 3.21. The molecule has 1 saturated heterocycles. The first-order valence-corrected chi connectivity index (χ1v) is 8.16. The van der Waals surface area contributed by atoms with Gasteiger partial charge in [0.2, 0.25) is 0 Å². The highest BCUT2D eigenvalue weighted by atomic mass is 16.5. The smallest absolute Gasteiger partial charge is 0.119 e. The molecule has 0 amide bonds. The van der Waals surface area contributed by atoms with Crippen LogP contribution in [0.4, 0.5) is 11.4 Å². The van der Waals surface area contributed by atoms with Gasteiger partial charge in [0, 0.05) is 25.0 Å². The van der Waals surface area contributed by atoms with Crippen molar-refractivity contribution in [2.45, 2.75) is 0 Å². The number of anilines is 1. The number of benzene rings is 2. The molecule has 0 spiro atoms. The van der Waals surface area contributed by atoms with E-state index in [9.17, 15) is 0 Å². The molecule has 0 bridgehead atoms. The molecular weight excluding hydrogens is 300 g/mol. The van der Waals surface area contributed by atoms with Crippen LogP contribution in [-0.2, 0) is 4.74 Å². The van der Waals surface area contributed by atoms with E-state index >= 15 is 0 Å². The second kappa shape index (κ2) is 8.31. The van der Waals surface area contributed by atoms with Crippen molar-refractivity contribution in [1.29, 1.82) is 0 Å². The monoisotopic (exact) mass is 322 g/mol. The quantitative estimate of drug-likeness (QED) is 0.598. The van der Waals surface area contributed by atoms with Gasteiger partial charge < -0.3 is 14.4 Å². The molecule has 1 aliphatic heterocycles. The molecule has 1 heterocycles. The summed E-state index contributed by atoms with van der Waals surface area (Å²) >= 11 is 0. The molecule has 124 valence electrons. The Bertz CT molecular complexity index is 672. The van der Waals surface area contributed by atoms with Gasteiger partial charge in [-0.25, -0.2) is 0 Å². The van der Waals surface area contributed by atoms with Gasteiger partial charge in [-0.1, -0.05) is 12.7 Å². The first kappa shape index (κ1) is 16.3. The van der Waals surface area contributed by atoms with Crippen molar-refractivity contribution in [2.75, 3.05) is 37.8 Å². The first-order valence-electron chi connectivity index (χ1n) is 8.16. The van der Waals surface area contributed by atoms with Gasteiger partial charge in [0.1, 0.15) is 12.4 Å². The lowest BCUT2D eigenvalue weighted by Crippen LogP contribution is -2.36. The van der Waals surface area contributed by atoms with E-state index in [4.69, 9.17) is 9.47 Å². The van der Waals surface area contributed by atoms with Crippen molar-refractivity contribution < 1.29 is 9.47 Å². The number of rotatable bonds is 6. The molecule has 4 heteroatoms. The zero-order chi connectivity index (χ0) is 16.6. The van der Waals surface area contributed by atoms with Gasteiger partial charge in [-0.15, -0.1) is 0 Å². The van der Waals surface area contributed by atoms with Crippen LogP contribution in [0.5, 0.6) is 5.75 Å². The van der Waals surface area contributed by atoms with Crippen molar-refractivity contribution in [3.8, 4) is 5.75 Å². The topological polar surface area (TPSA) is 34.1 Å². The molecule has 24 heavy (non-hydrogen) atoms. The predicted molar refractivity (Wildman–Crippen MR) is 98.9 cm³/mol. The van der Waals surface area contributed by atoms with Gasteiger partial charge in [0.05, 0.1) is 18.9 Å². The Hall–Kier alpha value is -2.59. The molecule has 0 aliphatic carbocycles. The number of aliphatic imine (C=N–C) groups is 1. The second-order valence-corrected chi connectivity index (χ2v) is 5.54.